The first-order valence-electron chi connectivity index (χ1n) is 3.80. The van der Waals surface area contributed by atoms with Gasteiger partial charge in [0.2, 0.25) is 10.0 Å². The fourth-order valence-electron chi connectivity index (χ4n) is 0.520. The van der Waals surface area contributed by atoms with E-state index in [1.807, 2.05) is 0 Å². The van der Waals surface area contributed by atoms with Crippen LogP contribution >= 0.6 is 0 Å². The van der Waals surface area contributed by atoms with Crippen molar-refractivity contribution in [2.45, 2.75) is 6.42 Å². The van der Waals surface area contributed by atoms with Crippen molar-refractivity contribution >= 4 is 16.0 Å². The van der Waals surface area contributed by atoms with Crippen molar-refractivity contribution in [2.24, 2.45) is 0 Å². The molecule has 2 N–H and O–H groups in total. The molecule has 0 aliphatic rings. The monoisotopic (exact) mass is 227 g/mol. The number of sulfonamides is 1. The summed E-state index contributed by atoms with van der Waals surface area (Å²) in [6.45, 7) is 0.324. The minimum absolute atomic E-state index is 0.0722. The number of nitrogens with one attached hydrogen (secondary N) is 1. The second-order valence-corrected chi connectivity index (χ2v) is 4.19. The summed E-state index contributed by atoms with van der Waals surface area (Å²) in [4.78, 5) is 16.4. The summed E-state index contributed by atoms with van der Waals surface area (Å²) in [6.07, 6.45) is -0.455. The molecule has 0 saturated heterocycles. The van der Waals surface area contributed by atoms with Gasteiger partial charge in [0.15, 0.2) is 0 Å². The number of rotatable bonds is 8. The highest BCUT2D eigenvalue weighted by atomic mass is 32.2. The SMILES string of the molecule is COCCONS(=O)(=O)CCC(=O)O. The minimum Gasteiger partial charge on any atom is -0.481 e. The summed E-state index contributed by atoms with van der Waals surface area (Å²) in [7, 11) is -2.22. The summed E-state index contributed by atoms with van der Waals surface area (Å²) in [6, 6.07) is 0. The Morgan fingerprint density at radius 1 is 1.43 bits per heavy atom. The van der Waals surface area contributed by atoms with Crippen molar-refractivity contribution in [3.63, 3.8) is 0 Å². The molecule has 14 heavy (non-hydrogen) atoms. The van der Waals surface area contributed by atoms with Gasteiger partial charge in [0.1, 0.15) is 0 Å². The molecule has 0 aromatic carbocycles. The van der Waals surface area contributed by atoms with Crippen LogP contribution < -0.4 is 4.89 Å². The van der Waals surface area contributed by atoms with Crippen molar-refractivity contribution in [3.05, 3.63) is 0 Å². The minimum atomic E-state index is -3.67. The molecule has 8 heteroatoms. The van der Waals surface area contributed by atoms with Crippen LogP contribution in [0.2, 0.25) is 0 Å². The maximum atomic E-state index is 11.0. The molecule has 0 aromatic rings. The highest BCUT2D eigenvalue weighted by molar-refractivity contribution is 7.89. The third kappa shape index (κ3) is 7.92. The fraction of sp³-hybridized carbons (Fsp3) is 0.833. The Morgan fingerprint density at radius 2 is 2.07 bits per heavy atom. The van der Waals surface area contributed by atoms with E-state index in [1.54, 1.807) is 4.89 Å². The smallest absolute Gasteiger partial charge is 0.304 e. The fourth-order valence-corrected chi connectivity index (χ4v) is 1.31. The second kappa shape index (κ2) is 6.71. The largest absolute Gasteiger partial charge is 0.481 e. The van der Waals surface area contributed by atoms with E-state index in [0.29, 0.717) is 0 Å². The van der Waals surface area contributed by atoms with E-state index in [9.17, 15) is 13.2 Å². The van der Waals surface area contributed by atoms with E-state index in [-0.39, 0.29) is 13.2 Å². The van der Waals surface area contributed by atoms with Crippen LogP contribution in [0.15, 0.2) is 0 Å². The van der Waals surface area contributed by atoms with Crippen molar-refractivity contribution in [1.29, 1.82) is 0 Å². The summed E-state index contributed by atoms with van der Waals surface area (Å²) in [5.74, 6) is -1.68. The van der Waals surface area contributed by atoms with Gasteiger partial charge in [0, 0.05) is 7.11 Å². The predicted octanol–water partition coefficient (Wildman–Crippen LogP) is -1.04. The normalized spacial score (nSPS) is 11.5. The van der Waals surface area contributed by atoms with Crippen molar-refractivity contribution in [3.8, 4) is 0 Å². The number of methoxy groups -OCH3 is 1. The molecule has 0 amide bonds. The average molecular weight is 227 g/mol. The van der Waals surface area contributed by atoms with Gasteiger partial charge in [-0.15, -0.1) is 0 Å². The second-order valence-electron chi connectivity index (χ2n) is 2.39. The van der Waals surface area contributed by atoms with Crippen LogP contribution in [-0.2, 0) is 24.4 Å². The number of carboxylic acid groups (broad SMARTS) is 1. The van der Waals surface area contributed by atoms with E-state index < -0.39 is 28.2 Å². The molecule has 84 valence electrons. The molecule has 0 fully saturated rings. The van der Waals surface area contributed by atoms with Crippen LogP contribution in [0.25, 0.3) is 0 Å². The molecule has 0 rings (SSSR count). The molecule has 0 aliphatic carbocycles. The van der Waals surface area contributed by atoms with Gasteiger partial charge in [-0.25, -0.2) is 8.42 Å². The summed E-state index contributed by atoms with van der Waals surface area (Å²) in [5.41, 5.74) is 0. The van der Waals surface area contributed by atoms with Gasteiger partial charge in [0.05, 0.1) is 25.4 Å². The van der Waals surface area contributed by atoms with Crippen LogP contribution in [0.1, 0.15) is 6.42 Å². The van der Waals surface area contributed by atoms with Crippen molar-refractivity contribution < 1.29 is 27.9 Å². The lowest BCUT2D eigenvalue weighted by Crippen LogP contribution is -2.28. The van der Waals surface area contributed by atoms with Gasteiger partial charge in [0.25, 0.3) is 0 Å². The lowest BCUT2D eigenvalue weighted by Gasteiger charge is -2.04. The third-order valence-electron chi connectivity index (χ3n) is 1.16. The quantitative estimate of drug-likeness (QED) is 0.405. The van der Waals surface area contributed by atoms with Gasteiger partial charge in [-0.1, -0.05) is 4.89 Å². The molecule has 0 atom stereocenters. The third-order valence-corrected chi connectivity index (χ3v) is 2.27. The van der Waals surface area contributed by atoms with Crippen LogP contribution in [0.4, 0.5) is 0 Å². The molecule has 0 unspecified atom stereocenters. The van der Waals surface area contributed by atoms with E-state index >= 15 is 0 Å². The molecular formula is C6H13NO6S. The number of carbonyl (C=O) groups is 1. The van der Waals surface area contributed by atoms with Crippen LogP contribution in [0.5, 0.6) is 0 Å². The first kappa shape index (κ1) is 13.3. The molecule has 0 spiro atoms. The predicted molar refractivity (Wildman–Crippen MR) is 47.0 cm³/mol. The van der Waals surface area contributed by atoms with Crippen LogP contribution in [0, 0.1) is 0 Å². The maximum absolute atomic E-state index is 11.0. The average Bonchev–Trinajstić information content (AvgIpc) is 2.10. The van der Waals surface area contributed by atoms with Gasteiger partial charge in [-0.2, -0.15) is 0 Å². The van der Waals surface area contributed by atoms with Crippen LogP contribution in [0.3, 0.4) is 0 Å². The zero-order valence-electron chi connectivity index (χ0n) is 7.73. The molecule has 0 heterocycles. The molecule has 0 aliphatic heterocycles. The molecular weight excluding hydrogens is 214 g/mol. The number of carboxylic acids is 1. The van der Waals surface area contributed by atoms with E-state index in [0.717, 1.165) is 0 Å². The number of aliphatic carboxylic acids is 1. The highest BCUT2D eigenvalue weighted by Gasteiger charge is 2.12. The summed E-state index contributed by atoms with van der Waals surface area (Å²) >= 11 is 0. The number of ether oxygens (including phenoxy) is 1. The van der Waals surface area contributed by atoms with Gasteiger partial charge in [-0.05, 0) is 0 Å². The van der Waals surface area contributed by atoms with E-state index in [4.69, 9.17) is 5.11 Å². The Hall–Kier alpha value is -0.700. The summed E-state index contributed by atoms with van der Waals surface area (Å²) in [5, 5.41) is 8.23. The molecule has 0 aromatic heterocycles. The molecule has 0 radical (unpaired) electrons. The lowest BCUT2D eigenvalue weighted by atomic mass is 10.5. The van der Waals surface area contributed by atoms with Crippen molar-refractivity contribution in [1.82, 2.24) is 4.89 Å². The topological polar surface area (TPSA) is 102 Å². The lowest BCUT2D eigenvalue weighted by molar-refractivity contribution is -0.136. The van der Waals surface area contributed by atoms with E-state index in [1.165, 1.54) is 7.11 Å². The first-order chi connectivity index (χ1) is 6.48. The molecule has 0 bridgehead atoms. The molecule has 7 nitrogen and oxygen atoms in total. The van der Waals surface area contributed by atoms with Gasteiger partial charge in [-0.3, -0.25) is 9.63 Å². The van der Waals surface area contributed by atoms with Gasteiger partial charge >= 0.3 is 5.97 Å². The summed E-state index contributed by atoms with van der Waals surface area (Å²) < 4.78 is 26.5. The molecule has 0 saturated carbocycles. The standard InChI is InChI=1S/C6H13NO6S/c1-12-3-4-13-7-14(10,11)5-2-6(8)9/h7H,2-5H2,1H3,(H,8,9). The Morgan fingerprint density at radius 3 is 2.57 bits per heavy atom. The Labute approximate surface area is 82.0 Å². The Kier molecular flexibility index (Phi) is 6.37. The maximum Gasteiger partial charge on any atom is 0.304 e. The highest BCUT2D eigenvalue weighted by Crippen LogP contribution is 1.89. The Bertz CT molecular complexity index is 261. The van der Waals surface area contributed by atoms with Crippen LogP contribution in [-0.4, -0.2) is 45.6 Å². The first-order valence-corrected chi connectivity index (χ1v) is 5.45. The number of hydrogen-bond acceptors (Lipinski definition) is 5. The zero-order chi connectivity index (χ0) is 11.0. The Balaban J connectivity index is 3.67. The zero-order valence-corrected chi connectivity index (χ0v) is 8.54. The van der Waals surface area contributed by atoms with Crippen molar-refractivity contribution in [2.75, 3.05) is 26.1 Å². The number of hydrogen-bond donors (Lipinski definition) is 2. The van der Waals surface area contributed by atoms with Gasteiger partial charge < -0.3 is 9.84 Å². The van der Waals surface area contributed by atoms with E-state index in [2.05, 4.69) is 9.57 Å².